The fraction of sp³-hybridized carbons (Fsp3) is 0.750. The van der Waals surface area contributed by atoms with Gasteiger partial charge in [-0.25, -0.2) is 13.1 Å². The van der Waals surface area contributed by atoms with Crippen LogP contribution in [0.15, 0.2) is 0 Å². The first kappa shape index (κ1) is 17.4. The first-order valence-corrected chi connectivity index (χ1v) is 8.44. The highest BCUT2D eigenvalue weighted by molar-refractivity contribution is 7.92. The molecule has 0 fully saturated rings. The van der Waals surface area contributed by atoms with Gasteiger partial charge in [0.1, 0.15) is 5.69 Å². The summed E-state index contributed by atoms with van der Waals surface area (Å²) in [6, 6.07) is -0.0822. The second-order valence-electron chi connectivity index (χ2n) is 5.96. The van der Waals surface area contributed by atoms with Crippen LogP contribution in [0.4, 0.5) is 11.5 Å². The Hall–Kier alpha value is -1.64. The summed E-state index contributed by atoms with van der Waals surface area (Å²) < 4.78 is 23.9. The van der Waals surface area contributed by atoms with Crippen molar-refractivity contribution in [3.63, 3.8) is 0 Å². The summed E-state index contributed by atoms with van der Waals surface area (Å²) in [5.74, 6) is 0.240. The predicted octanol–water partition coefficient (Wildman–Crippen LogP) is 1.92. The molecular weight excluding hydrogens is 296 g/mol. The van der Waals surface area contributed by atoms with Gasteiger partial charge in [-0.2, -0.15) is 5.10 Å². The minimum atomic E-state index is -3.29. The SMILES string of the molecule is Cc1nn(C(C)C)c(NCC(C)(C)S(C)(=O)=O)c1[N+](=O)[O-]. The van der Waals surface area contributed by atoms with Gasteiger partial charge in [0.2, 0.25) is 5.82 Å². The van der Waals surface area contributed by atoms with Gasteiger partial charge in [-0.05, 0) is 34.6 Å². The fourth-order valence-electron chi connectivity index (χ4n) is 1.72. The molecule has 0 aromatic carbocycles. The zero-order chi connectivity index (χ0) is 16.6. The quantitative estimate of drug-likeness (QED) is 0.634. The van der Waals surface area contributed by atoms with Gasteiger partial charge in [-0.1, -0.05) is 0 Å². The van der Waals surface area contributed by atoms with E-state index in [0.717, 1.165) is 6.26 Å². The maximum atomic E-state index is 11.7. The molecule has 1 aromatic heterocycles. The van der Waals surface area contributed by atoms with E-state index < -0.39 is 19.5 Å². The van der Waals surface area contributed by atoms with Crippen LogP contribution in [0.2, 0.25) is 0 Å². The Labute approximate surface area is 124 Å². The molecule has 1 N–H and O–H groups in total. The Kier molecular flexibility index (Phi) is 4.66. The van der Waals surface area contributed by atoms with Crippen LogP contribution >= 0.6 is 0 Å². The number of nitro groups is 1. The van der Waals surface area contributed by atoms with Crippen molar-refractivity contribution in [2.45, 2.75) is 45.4 Å². The Balaban J connectivity index is 3.22. The van der Waals surface area contributed by atoms with E-state index in [-0.39, 0.29) is 24.1 Å². The number of hydrogen-bond donors (Lipinski definition) is 1. The van der Waals surface area contributed by atoms with Crippen molar-refractivity contribution in [2.75, 3.05) is 18.1 Å². The molecule has 21 heavy (non-hydrogen) atoms. The summed E-state index contributed by atoms with van der Waals surface area (Å²) >= 11 is 0. The van der Waals surface area contributed by atoms with E-state index in [9.17, 15) is 18.5 Å². The standard InChI is InChI=1S/C12H22N4O4S/c1-8(2)15-11(10(16(17)18)9(3)14-15)13-7-12(4,5)21(6,19)20/h8,13H,7H2,1-6H3. The Morgan fingerprint density at radius 3 is 2.33 bits per heavy atom. The van der Waals surface area contributed by atoms with E-state index in [4.69, 9.17) is 0 Å². The summed E-state index contributed by atoms with van der Waals surface area (Å²) in [6.45, 7) is 8.47. The van der Waals surface area contributed by atoms with Crippen molar-refractivity contribution < 1.29 is 13.3 Å². The molecule has 0 atom stereocenters. The molecule has 120 valence electrons. The van der Waals surface area contributed by atoms with Crippen LogP contribution in [0.5, 0.6) is 0 Å². The number of nitrogens with one attached hydrogen (secondary N) is 1. The molecule has 0 unspecified atom stereocenters. The summed E-state index contributed by atoms with van der Waals surface area (Å²) in [5.41, 5.74) is 0.182. The lowest BCUT2D eigenvalue weighted by atomic mass is 10.2. The molecule has 0 aliphatic carbocycles. The third kappa shape index (κ3) is 3.52. The third-order valence-electron chi connectivity index (χ3n) is 3.41. The number of anilines is 1. The monoisotopic (exact) mass is 318 g/mol. The van der Waals surface area contributed by atoms with Gasteiger partial charge in [0.25, 0.3) is 0 Å². The summed E-state index contributed by atoms with van der Waals surface area (Å²) in [7, 11) is -3.29. The number of hydrogen-bond acceptors (Lipinski definition) is 6. The van der Waals surface area contributed by atoms with Crippen LogP contribution in [-0.4, -0.2) is 40.7 Å². The zero-order valence-electron chi connectivity index (χ0n) is 13.2. The van der Waals surface area contributed by atoms with Crippen LogP contribution in [0.3, 0.4) is 0 Å². The molecular formula is C12H22N4O4S. The molecule has 0 amide bonds. The van der Waals surface area contributed by atoms with Crippen LogP contribution in [0.1, 0.15) is 39.4 Å². The first-order chi connectivity index (χ1) is 9.38. The fourth-order valence-corrected chi connectivity index (χ4v) is 2.06. The Morgan fingerprint density at radius 2 is 1.95 bits per heavy atom. The number of aromatic nitrogens is 2. The molecule has 1 aromatic rings. The van der Waals surface area contributed by atoms with Crippen LogP contribution in [0.25, 0.3) is 0 Å². The number of nitrogens with zero attached hydrogens (tertiary/aromatic N) is 3. The van der Waals surface area contributed by atoms with Gasteiger partial charge in [0.15, 0.2) is 9.84 Å². The third-order valence-corrected chi connectivity index (χ3v) is 5.56. The lowest BCUT2D eigenvalue weighted by molar-refractivity contribution is -0.384. The Bertz CT molecular complexity index is 646. The molecule has 9 heteroatoms. The Morgan fingerprint density at radius 1 is 1.43 bits per heavy atom. The minimum Gasteiger partial charge on any atom is -0.363 e. The molecule has 0 saturated carbocycles. The van der Waals surface area contributed by atoms with Crippen molar-refractivity contribution in [3.05, 3.63) is 15.8 Å². The largest absolute Gasteiger partial charge is 0.363 e. The second kappa shape index (κ2) is 5.63. The first-order valence-electron chi connectivity index (χ1n) is 6.55. The van der Waals surface area contributed by atoms with Crippen molar-refractivity contribution >= 4 is 21.3 Å². The topological polar surface area (TPSA) is 107 Å². The average molecular weight is 318 g/mol. The zero-order valence-corrected chi connectivity index (χ0v) is 14.0. The number of sulfone groups is 1. The molecule has 0 spiro atoms. The van der Waals surface area contributed by atoms with E-state index in [1.807, 2.05) is 13.8 Å². The number of rotatable bonds is 6. The van der Waals surface area contributed by atoms with Crippen LogP contribution < -0.4 is 5.32 Å². The van der Waals surface area contributed by atoms with E-state index in [1.54, 1.807) is 20.8 Å². The maximum absolute atomic E-state index is 11.7. The van der Waals surface area contributed by atoms with Crippen molar-refractivity contribution in [2.24, 2.45) is 0 Å². The highest BCUT2D eigenvalue weighted by Crippen LogP contribution is 2.31. The van der Waals surface area contributed by atoms with Gasteiger partial charge in [-0.15, -0.1) is 0 Å². The van der Waals surface area contributed by atoms with Gasteiger partial charge < -0.3 is 5.32 Å². The average Bonchev–Trinajstić information content (AvgIpc) is 2.62. The van der Waals surface area contributed by atoms with Gasteiger partial charge in [0, 0.05) is 18.8 Å². The highest BCUT2D eigenvalue weighted by Gasteiger charge is 2.33. The van der Waals surface area contributed by atoms with Gasteiger partial charge >= 0.3 is 5.69 Å². The lowest BCUT2D eigenvalue weighted by Crippen LogP contribution is -2.38. The number of aryl methyl sites for hydroxylation is 1. The smallest absolute Gasteiger partial charge is 0.333 e. The highest BCUT2D eigenvalue weighted by atomic mass is 32.2. The van der Waals surface area contributed by atoms with E-state index >= 15 is 0 Å². The van der Waals surface area contributed by atoms with Crippen molar-refractivity contribution in [3.8, 4) is 0 Å². The molecule has 8 nitrogen and oxygen atoms in total. The lowest BCUT2D eigenvalue weighted by Gasteiger charge is -2.23. The van der Waals surface area contributed by atoms with E-state index in [1.165, 1.54) is 4.68 Å². The molecule has 0 bridgehead atoms. The second-order valence-corrected chi connectivity index (χ2v) is 8.61. The maximum Gasteiger partial charge on any atom is 0.333 e. The summed E-state index contributed by atoms with van der Waals surface area (Å²) in [6.07, 6.45) is 1.15. The normalized spacial score (nSPS) is 12.7. The molecule has 0 aliphatic heterocycles. The van der Waals surface area contributed by atoms with Crippen molar-refractivity contribution in [1.29, 1.82) is 0 Å². The van der Waals surface area contributed by atoms with Crippen LogP contribution in [-0.2, 0) is 9.84 Å². The van der Waals surface area contributed by atoms with Gasteiger partial charge in [-0.3, -0.25) is 10.1 Å². The molecule has 1 heterocycles. The molecule has 0 aliphatic rings. The van der Waals surface area contributed by atoms with Crippen molar-refractivity contribution in [1.82, 2.24) is 9.78 Å². The van der Waals surface area contributed by atoms with Gasteiger partial charge in [0.05, 0.1) is 9.67 Å². The van der Waals surface area contributed by atoms with Crippen LogP contribution in [0, 0.1) is 17.0 Å². The molecule has 0 radical (unpaired) electrons. The summed E-state index contributed by atoms with van der Waals surface area (Å²) in [4.78, 5) is 10.7. The van der Waals surface area contributed by atoms with E-state index in [0.29, 0.717) is 5.69 Å². The predicted molar refractivity (Wildman–Crippen MR) is 81.4 cm³/mol. The minimum absolute atomic E-state index is 0.0600. The molecule has 1 rings (SSSR count). The molecule has 0 saturated heterocycles. The summed E-state index contributed by atoms with van der Waals surface area (Å²) in [5, 5.41) is 18.2. The van der Waals surface area contributed by atoms with E-state index in [2.05, 4.69) is 10.4 Å².